The minimum Gasteiger partial charge on any atom is -0.491 e. The number of nitrogens with zero attached hydrogens (tertiary/aromatic N) is 1. The molecule has 0 saturated carbocycles. The van der Waals surface area contributed by atoms with Gasteiger partial charge in [-0.3, -0.25) is 0 Å². The van der Waals surface area contributed by atoms with E-state index in [9.17, 15) is 4.79 Å². The number of fused-ring (bicyclic) bond motifs is 1. The van der Waals surface area contributed by atoms with E-state index in [4.69, 9.17) is 18.6 Å². The molecule has 3 rings (SSSR count). The van der Waals surface area contributed by atoms with Crippen molar-refractivity contribution in [2.75, 3.05) is 40.0 Å². The number of morpholine rings is 1. The van der Waals surface area contributed by atoms with Gasteiger partial charge >= 0.3 is 5.97 Å². The van der Waals surface area contributed by atoms with Crippen LogP contribution in [-0.2, 0) is 9.47 Å². The molecule has 0 N–H and O–H groups in total. The number of furan rings is 1. The van der Waals surface area contributed by atoms with Crippen LogP contribution in [0.2, 0.25) is 0 Å². The minimum absolute atomic E-state index is 0.0730. The predicted octanol–water partition coefficient (Wildman–Crippen LogP) is 2.32. The number of benzene rings is 1. The van der Waals surface area contributed by atoms with Gasteiger partial charge in [-0.25, -0.2) is 4.79 Å². The zero-order chi connectivity index (χ0) is 16.2. The van der Waals surface area contributed by atoms with Crippen molar-refractivity contribution in [3.05, 3.63) is 30.0 Å². The summed E-state index contributed by atoms with van der Waals surface area (Å²) < 4.78 is 21.9. The smallest absolute Gasteiger partial charge is 0.374 e. The molecule has 1 aliphatic rings. The lowest BCUT2D eigenvalue weighted by molar-refractivity contribution is -0.0403. The van der Waals surface area contributed by atoms with Gasteiger partial charge in [-0.1, -0.05) is 0 Å². The Labute approximate surface area is 134 Å². The number of esters is 1. The van der Waals surface area contributed by atoms with Crippen LogP contribution in [0.4, 0.5) is 0 Å². The summed E-state index contributed by atoms with van der Waals surface area (Å²) in [6, 6.07) is 7.15. The standard InChI is InChI=1S/C17H21NO5/c1-3-20-17(19)16-9-12-8-13(4-5-15(12)23-16)22-11-14-10-18(2)6-7-21-14/h4-5,8-9,14H,3,6-7,10-11H2,1-2H3/t14-/m0/s1. The van der Waals surface area contributed by atoms with Gasteiger partial charge in [-0.05, 0) is 38.2 Å². The molecule has 1 atom stereocenters. The Bertz CT molecular complexity index is 681. The third-order valence-electron chi connectivity index (χ3n) is 3.74. The summed E-state index contributed by atoms with van der Waals surface area (Å²) in [5, 5.41) is 0.812. The molecular weight excluding hydrogens is 298 g/mol. The zero-order valence-electron chi connectivity index (χ0n) is 13.4. The van der Waals surface area contributed by atoms with Crippen molar-refractivity contribution >= 4 is 16.9 Å². The number of carbonyl (C=O) groups is 1. The molecule has 6 heteroatoms. The third-order valence-corrected chi connectivity index (χ3v) is 3.74. The van der Waals surface area contributed by atoms with E-state index in [-0.39, 0.29) is 11.9 Å². The predicted molar refractivity (Wildman–Crippen MR) is 84.9 cm³/mol. The second-order valence-electron chi connectivity index (χ2n) is 5.60. The molecule has 0 amide bonds. The molecular formula is C17H21NO5. The average molecular weight is 319 g/mol. The van der Waals surface area contributed by atoms with Crippen LogP contribution in [0.3, 0.4) is 0 Å². The lowest BCUT2D eigenvalue weighted by Gasteiger charge is -2.29. The van der Waals surface area contributed by atoms with Crippen molar-refractivity contribution < 1.29 is 23.4 Å². The van der Waals surface area contributed by atoms with Crippen molar-refractivity contribution in [2.45, 2.75) is 13.0 Å². The molecule has 2 aromatic rings. The van der Waals surface area contributed by atoms with E-state index in [0.717, 1.165) is 30.8 Å². The molecule has 0 bridgehead atoms. The lowest BCUT2D eigenvalue weighted by Crippen LogP contribution is -2.42. The maximum absolute atomic E-state index is 11.7. The van der Waals surface area contributed by atoms with Crippen LogP contribution in [0.25, 0.3) is 11.0 Å². The van der Waals surface area contributed by atoms with E-state index in [0.29, 0.717) is 18.8 Å². The molecule has 1 fully saturated rings. The number of hydrogen-bond donors (Lipinski definition) is 0. The summed E-state index contributed by atoms with van der Waals surface area (Å²) >= 11 is 0. The second kappa shape index (κ2) is 7.02. The maximum Gasteiger partial charge on any atom is 0.374 e. The molecule has 1 aromatic carbocycles. The van der Waals surface area contributed by atoms with Gasteiger partial charge in [0.05, 0.1) is 13.2 Å². The van der Waals surface area contributed by atoms with Crippen molar-refractivity contribution in [1.29, 1.82) is 0 Å². The Balaban J connectivity index is 1.66. The quantitative estimate of drug-likeness (QED) is 0.788. The largest absolute Gasteiger partial charge is 0.491 e. The highest BCUT2D eigenvalue weighted by molar-refractivity contribution is 5.92. The van der Waals surface area contributed by atoms with Gasteiger partial charge in [0.15, 0.2) is 0 Å². The Morgan fingerprint density at radius 1 is 1.39 bits per heavy atom. The fourth-order valence-corrected chi connectivity index (χ4v) is 2.57. The normalized spacial score (nSPS) is 19.0. The van der Waals surface area contributed by atoms with Gasteiger partial charge in [0.2, 0.25) is 5.76 Å². The van der Waals surface area contributed by atoms with Gasteiger partial charge in [0, 0.05) is 18.5 Å². The van der Waals surface area contributed by atoms with E-state index >= 15 is 0 Å². The van der Waals surface area contributed by atoms with Crippen LogP contribution in [0.15, 0.2) is 28.7 Å². The van der Waals surface area contributed by atoms with Crippen LogP contribution in [0.1, 0.15) is 17.5 Å². The Morgan fingerprint density at radius 2 is 2.26 bits per heavy atom. The molecule has 1 aliphatic heterocycles. The summed E-state index contributed by atoms with van der Waals surface area (Å²) in [5.41, 5.74) is 0.633. The van der Waals surface area contributed by atoms with Gasteiger partial charge < -0.3 is 23.5 Å². The van der Waals surface area contributed by atoms with E-state index in [1.54, 1.807) is 19.1 Å². The molecule has 0 radical (unpaired) electrons. The van der Waals surface area contributed by atoms with Crippen LogP contribution in [0, 0.1) is 0 Å². The van der Waals surface area contributed by atoms with Crippen molar-refractivity contribution in [1.82, 2.24) is 4.90 Å². The van der Waals surface area contributed by atoms with E-state index in [2.05, 4.69) is 11.9 Å². The highest BCUT2D eigenvalue weighted by Gasteiger charge is 2.18. The first-order valence-electron chi connectivity index (χ1n) is 7.79. The summed E-state index contributed by atoms with van der Waals surface area (Å²) in [7, 11) is 2.07. The van der Waals surface area contributed by atoms with Crippen LogP contribution in [-0.4, -0.2) is 56.9 Å². The fourth-order valence-electron chi connectivity index (χ4n) is 2.57. The average Bonchev–Trinajstić information content (AvgIpc) is 2.96. The molecule has 2 heterocycles. The number of carbonyl (C=O) groups excluding carboxylic acids is 1. The maximum atomic E-state index is 11.7. The van der Waals surface area contributed by atoms with Gasteiger partial charge in [0.1, 0.15) is 24.0 Å². The van der Waals surface area contributed by atoms with Crippen LogP contribution >= 0.6 is 0 Å². The molecule has 6 nitrogen and oxygen atoms in total. The molecule has 1 aromatic heterocycles. The fraction of sp³-hybridized carbons (Fsp3) is 0.471. The third kappa shape index (κ3) is 3.83. The van der Waals surface area contributed by atoms with Crippen molar-refractivity contribution in [3.63, 3.8) is 0 Å². The molecule has 0 spiro atoms. The molecule has 0 aliphatic carbocycles. The Hall–Kier alpha value is -2.05. The molecule has 23 heavy (non-hydrogen) atoms. The SMILES string of the molecule is CCOC(=O)c1cc2cc(OC[C@@H]3CN(C)CCO3)ccc2o1. The molecule has 124 valence electrons. The molecule has 1 saturated heterocycles. The van der Waals surface area contributed by atoms with Crippen LogP contribution < -0.4 is 4.74 Å². The van der Waals surface area contributed by atoms with E-state index < -0.39 is 5.97 Å². The van der Waals surface area contributed by atoms with Crippen LogP contribution in [0.5, 0.6) is 5.75 Å². The summed E-state index contributed by atoms with van der Waals surface area (Å²) in [6.07, 6.45) is 0.0730. The van der Waals surface area contributed by atoms with Crippen molar-refractivity contribution in [3.8, 4) is 5.75 Å². The van der Waals surface area contributed by atoms with E-state index in [1.807, 2.05) is 12.1 Å². The topological polar surface area (TPSA) is 61.1 Å². The number of rotatable bonds is 5. The number of likely N-dealkylation sites (N-methyl/N-ethyl adjacent to an activating group) is 1. The van der Waals surface area contributed by atoms with Crippen molar-refractivity contribution in [2.24, 2.45) is 0 Å². The highest BCUT2D eigenvalue weighted by atomic mass is 16.5. The number of ether oxygens (including phenoxy) is 3. The first-order valence-corrected chi connectivity index (χ1v) is 7.79. The first-order chi connectivity index (χ1) is 11.2. The van der Waals surface area contributed by atoms with Gasteiger partial charge in [-0.15, -0.1) is 0 Å². The van der Waals surface area contributed by atoms with Gasteiger partial charge in [0.25, 0.3) is 0 Å². The van der Waals surface area contributed by atoms with Gasteiger partial charge in [-0.2, -0.15) is 0 Å². The second-order valence-corrected chi connectivity index (χ2v) is 5.60. The summed E-state index contributed by atoms with van der Waals surface area (Å²) in [5.74, 6) is 0.478. The molecule has 0 unspecified atom stereocenters. The first kappa shape index (κ1) is 15.8. The highest BCUT2D eigenvalue weighted by Crippen LogP contribution is 2.25. The summed E-state index contributed by atoms with van der Waals surface area (Å²) in [4.78, 5) is 13.9. The number of hydrogen-bond acceptors (Lipinski definition) is 6. The monoisotopic (exact) mass is 319 g/mol. The minimum atomic E-state index is -0.454. The Morgan fingerprint density at radius 3 is 3.04 bits per heavy atom. The van der Waals surface area contributed by atoms with E-state index in [1.165, 1.54) is 0 Å². The lowest BCUT2D eigenvalue weighted by atomic mass is 10.2. The summed E-state index contributed by atoms with van der Waals surface area (Å²) in [6.45, 7) is 5.12. The zero-order valence-corrected chi connectivity index (χ0v) is 13.4. The Kier molecular flexibility index (Phi) is 4.83.